The van der Waals surface area contributed by atoms with Gasteiger partial charge in [-0.2, -0.15) is 0 Å². The van der Waals surface area contributed by atoms with Crippen LogP contribution in [0, 0.1) is 0 Å². The van der Waals surface area contributed by atoms with Gasteiger partial charge in [-0.3, -0.25) is 4.79 Å². The van der Waals surface area contributed by atoms with Crippen LogP contribution >= 0.6 is 23.2 Å². The van der Waals surface area contributed by atoms with Gasteiger partial charge in [0.05, 0.1) is 16.8 Å². The van der Waals surface area contributed by atoms with Crippen LogP contribution in [0.5, 0.6) is 0 Å². The van der Waals surface area contributed by atoms with E-state index in [9.17, 15) is 4.79 Å². The van der Waals surface area contributed by atoms with Gasteiger partial charge in [0, 0.05) is 46.6 Å². The largest absolute Gasteiger partial charge is 0.343 e. The minimum atomic E-state index is 0.0512. The van der Waals surface area contributed by atoms with Crippen LogP contribution in [-0.4, -0.2) is 21.4 Å². The SMILES string of the molecule is CC[C@H](C)N1C(=O)CC[C@H]1c1c(-c2ccc(Cl)cc2Cl)n(C)c2ccccc12. The zero-order valence-electron chi connectivity index (χ0n) is 16.4. The number of aromatic nitrogens is 1. The van der Waals surface area contributed by atoms with Crippen LogP contribution in [-0.2, 0) is 11.8 Å². The summed E-state index contributed by atoms with van der Waals surface area (Å²) in [6.45, 7) is 4.27. The summed E-state index contributed by atoms with van der Waals surface area (Å²) in [5.74, 6) is 0.237. The van der Waals surface area contributed by atoms with E-state index in [2.05, 4.69) is 48.6 Å². The molecule has 1 aromatic heterocycles. The number of nitrogens with zero attached hydrogens (tertiary/aromatic N) is 2. The van der Waals surface area contributed by atoms with E-state index in [0.29, 0.717) is 16.5 Å². The summed E-state index contributed by atoms with van der Waals surface area (Å²) in [5.41, 5.74) is 4.34. The highest BCUT2D eigenvalue weighted by molar-refractivity contribution is 6.36. The maximum atomic E-state index is 12.7. The van der Waals surface area contributed by atoms with Crippen LogP contribution in [0.2, 0.25) is 10.0 Å². The van der Waals surface area contributed by atoms with Crippen molar-refractivity contribution in [2.75, 3.05) is 0 Å². The van der Waals surface area contributed by atoms with E-state index in [0.717, 1.165) is 29.6 Å². The number of benzene rings is 2. The van der Waals surface area contributed by atoms with Crippen molar-refractivity contribution < 1.29 is 4.79 Å². The second-order valence-electron chi connectivity index (χ2n) is 7.58. The molecule has 3 nitrogen and oxygen atoms in total. The predicted molar refractivity (Wildman–Crippen MR) is 117 cm³/mol. The number of amides is 1. The summed E-state index contributed by atoms with van der Waals surface area (Å²) in [6.07, 6.45) is 2.35. The Labute approximate surface area is 175 Å². The minimum Gasteiger partial charge on any atom is -0.343 e. The normalized spacial score (nSPS) is 18.2. The van der Waals surface area contributed by atoms with Crippen molar-refractivity contribution in [1.29, 1.82) is 0 Å². The molecule has 146 valence electrons. The Morgan fingerprint density at radius 3 is 2.64 bits per heavy atom. The molecule has 2 aromatic carbocycles. The highest BCUT2D eigenvalue weighted by Crippen LogP contribution is 2.46. The van der Waals surface area contributed by atoms with Gasteiger partial charge in [0.15, 0.2) is 0 Å². The molecule has 0 aliphatic carbocycles. The Morgan fingerprint density at radius 1 is 1.18 bits per heavy atom. The molecule has 1 fully saturated rings. The van der Waals surface area contributed by atoms with E-state index in [-0.39, 0.29) is 18.0 Å². The van der Waals surface area contributed by atoms with Crippen LogP contribution in [0.25, 0.3) is 22.2 Å². The van der Waals surface area contributed by atoms with Gasteiger partial charge >= 0.3 is 0 Å². The number of rotatable bonds is 4. The van der Waals surface area contributed by atoms with Gasteiger partial charge in [0.2, 0.25) is 5.91 Å². The molecule has 5 heteroatoms. The lowest BCUT2D eigenvalue weighted by Gasteiger charge is -2.31. The summed E-state index contributed by atoms with van der Waals surface area (Å²) in [4.78, 5) is 14.8. The second-order valence-corrected chi connectivity index (χ2v) is 8.42. The maximum Gasteiger partial charge on any atom is 0.223 e. The first-order valence-electron chi connectivity index (χ1n) is 9.78. The van der Waals surface area contributed by atoms with Gasteiger partial charge in [-0.05, 0) is 44.0 Å². The van der Waals surface area contributed by atoms with Gasteiger partial charge in [-0.1, -0.05) is 48.3 Å². The number of fused-ring (bicyclic) bond motifs is 1. The molecular formula is C23H24Cl2N2O. The molecule has 1 aliphatic heterocycles. The summed E-state index contributed by atoms with van der Waals surface area (Å²) < 4.78 is 2.19. The molecule has 0 bridgehead atoms. The number of carbonyl (C=O) groups excluding carboxylic acids is 1. The van der Waals surface area contributed by atoms with Crippen molar-refractivity contribution in [3.8, 4) is 11.3 Å². The smallest absolute Gasteiger partial charge is 0.223 e. The molecule has 2 heterocycles. The van der Waals surface area contributed by atoms with Gasteiger partial charge in [0.1, 0.15) is 0 Å². The third-order valence-electron chi connectivity index (χ3n) is 5.99. The molecule has 0 unspecified atom stereocenters. The van der Waals surface area contributed by atoms with E-state index in [1.807, 2.05) is 18.2 Å². The Kier molecular flexibility index (Phi) is 5.15. The van der Waals surface area contributed by atoms with Crippen molar-refractivity contribution in [3.63, 3.8) is 0 Å². The topological polar surface area (TPSA) is 25.2 Å². The number of hydrogen-bond donors (Lipinski definition) is 0. The molecule has 4 rings (SSSR count). The number of hydrogen-bond acceptors (Lipinski definition) is 1. The van der Waals surface area contributed by atoms with Crippen LogP contribution in [0.1, 0.15) is 44.7 Å². The van der Waals surface area contributed by atoms with Crippen molar-refractivity contribution in [2.24, 2.45) is 7.05 Å². The molecule has 2 atom stereocenters. The first-order valence-corrected chi connectivity index (χ1v) is 10.5. The monoisotopic (exact) mass is 414 g/mol. The van der Waals surface area contributed by atoms with E-state index in [4.69, 9.17) is 23.2 Å². The van der Waals surface area contributed by atoms with E-state index in [1.54, 1.807) is 6.07 Å². The summed E-state index contributed by atoms with van der Waals surface area (Å²) in [6, 6.07) is 14.3. The van der Waals surface area contributed by atoms with Crippen LogP contribution in [0.15, 0.2) is 42.5 Å². The number of aryl methyl sites for hydroxylation is 1. The predicted octanol–water partition coefficient (Wildman–Crippen LogP) is 6.61. The Bertz CT molecular complexity index is 1060. The van der Waals surface area contributed by atoms with Gasteiger partial charge < -0.3 is 9.47 Å². The lowest BCUT2D eigenvalue weighted by molar-refractivity contribution is -0.131. The van der Waals surface area contributed by atoms with Gasteiger partial charge in [0.25, 0.3) is 0 Å². The van der Waals surface area contributed by atoms with Crippen molar-refractivity contribution in [1.82, 2.24) is 9.47 Å². The highest BCUT2D eigenvalue weighted by Gasteiger charge is 2.38. The number of halogens is 2. The first kappa shape index (κ1) is 19.4. The van der Waals surface area contributed by atoms with Crippen LogP contribution in [0.4, 0.5) is 0 Å². The van der Waals surface area contributed by atoms with Crippen molar-refractivity contribution in [3.05, 3.63) is 58.1 Å². The molecule has 0 N–H and O–H groups in total. The molecule has 1 saturated heterocycles. The average Bonchev–Trinajstić information content (AvgIpc) is 3.19. The average molecular weight is 415 g/mol. The summed E-state index contributed by atoms with van der Waals surface area (Å²) >= 11 is 12.8. The zero-order valence-corrected chi connectivity index (χ0v) is 17.9. The number of likely N-dealkylation sites (tertiary alicyclic amines) is 1. The standard InChI is InChI=1S/C23H24Cl2N2O/c1-4-14(2)27-20(11-12-21(27)28)22-17-7-5-6-8-19(17)26(3)23(22)16-10-9-15(24)13-18(16)25/h5-10,13-14,20H,4,11-12H2,1-3H3/t14-,20-/m0/s1. The Balaban J connectivity index is 2.01. The van der Waals surface area contributed by atoms with Crippen molar-refractivity contribution >= 4 is 40.0 Å². The second kappa shape index (κ2) is 7.46. The fourth-order valence-corrected chi connectivity index (χ4v) is 5.00. The zero-order chi connectivity index (χ0) is 20.0. The fourth-order valence-electron chi connectivity index (χ4n) is 4.50. The summed E-state index contributed by atoms with van der Waals surface area (Å²) in [5, 5.41) is 2.42. The fraction of sp³-hybridized carbons (Fsp3) is 0.348. The minimum absolute atomic E-state index is 0.0512. The number of carbonyl (C=O) groups is 1. The van der Waals surface area contributed by atoms with Crippen LogP contribution < -0.4 is 0 Å². The molecule has 1 amide bonds. The summed E-state index contributed by atoms with van der Waals surface area (Å²) in [7, 11) is 2.07. The highest BCUT2D eigenvalue weighted by atomic mass is 35.5. The molecule has 0 saturated carbocycles. The molecule has 1 aliphatic rings. The Hall–Kier alpha value is -1.97. The lowest BCUT2D eigenvalue weighted by Crippen LogP contribution is -2.35. The third kappa shape index (κ3) is 3.01. The maximum absolute atomic E-state index is 12.7. The van der Waals surface area contributed by atoms with E-state index in [1.165, 1.54) is 10.9 Å². The molecule has 28 heavy (non-hydrogen) atoms. The first-order chi connectivity index (χ1) is 13.4. The quantitative estimate of drug-likeness (QED) is 0.470. The lowest BCUT2D eigenvalue weighted by atomic mass is 9.96. The van der Waals surface area contributed by atoms with E-state index < -0.39 is 0 Å². The number of para-hydroxylation sites is 1. The molecular weight excluding hydrogens is 391 g/mol. The van der Waals surface area contributed by atoms with Gasteiger partial charge in [-0.15, -0.1) is 0 Å². The van der Waals surface area contributed by atoms with Crippen molar-refractivity contribution in [2.45, 2.75) is 45.2 Å². The van der Waals surface area contributed by atoms with Crippen LogP contribution in [0.3, 0.4) is 0 Å². The van der Waals surface area contributed by atoms with Gasteiger partial charge in [-0.25, -0.2) is 0 Å². The molecule has 3 aromatic rings. The van der Waals surface area contributed by atoms with E-state index >= 15 is 0 Å². The molecule has 0 radical (unpaired) electrons. The Morgan fingerprint density at radius 2 is 1.93 bits per heavy atom. The molecule has 0 spiro atoms. The third-order valence-corrected chi connectivity index (χ3v) is 6.53.